The Morgan fingerprint density at radius 3 is 2.48 bits per heavy atom. The number of rotatable bonds is 4. The van der Waals surface area contributed by atoms with E-state index in [1.807, 2.05) is 4.83 Å². The molecule has 0 aliphatic carbocycles. The number of ether oxygens (including phenoxy) is 1. The molecule has 0 fully saturated rings. The van der Waals surface area contributed by atoms with Gasteiger partial charge >= 0.3 is 12.4 Å². The number of urea groups is 1. The van der Waals surface area contributed by atoms with Gasteiger partial charge in [0.2, 0.25) is 0 Å². The second-order valence-corrected chi connectivity index (χ2v) is 6.12. The molecule has 2 N–H and O–H groups in total. The number of nitrogens with zero attached hydrogens (tertiary/aromatic N) is 2. The first-order chi connectivity index (χ1) is 10.6. The molecule has 0 unspecified atom stereocenters. The molecule has 0 spiro atoms. The zero-order valence-corrected chi connectivity index (χ0v) is 12.4. The molecule has 0 bridgehead atoms. The minimum absolute atomic E-state index is 0.0691. The second kappa shape index (κ2) is 6.04. The van der Waals surface area contributed by atoms with Crippen LogP contribution in [0.2, 0.25) is 0 Å². The Labute approximate surface area is 128 Å². The topological polar surface area (TPSA) is 100 Å². The number of hydrazine groups is 1. The van der Waals surface area contributed by atoms with E-state index in [4.69, 9.17) is 0 Å². The quantitative estimate of drug-likeness (QED) is 0.850. The number of amides is 2. The van der Waals surface area contributed by atoms with Crippen LogP contribution in [0, 0.1) is 0 Å². The Morgan fingerprint density at radius 2 is 1.91 bits per heavy atom. The van der Waals surface area contributed by atoms with Crippen molar-refractivity contribution in [3.63, 3.8) is 0 Å². The maximum atomic E-state index is 12.1. The summed E-state index contributed by atoms with van der Waals surface area (Å²) in [4.78, 5) is 13.2. The van der Waals surface area contributed by atoms with Crippen molar-refractivity contribution in [2.75, 3.05) is 6.54 Å². The Hall–Kier alpha value is -2.34. The maximum Gasteiger partial charge on any atom is 0.573 e. The van der Waals surface area contributed by atoms with Gasteiger partial charge in [-0.05, 0) is 31.2 Å². The monoisotopic (exact) mass is 352 g/mol. The van der Waals surface area contributed by atoms with Gasteiger partial charge in [0.1, 0.15) is 5.75 Å². The van der Waals surface area contributed by atoms with Gasteiger partial charge in [-0.3, -0.25) is 0 Å². The average Bonchev–Trinajstić information content (AvgIpc) is 2.41. The van der Waals surface area contributed by atoms with E-state index in [0.29, 0.717) is 5.71 Å². The van der Waals surface area contributed by atoms with Crippen molar-refractivity contribution in [2.24, 2.45) is 5.10 Å². The second-order valence-electron chi connectivity index (χ2n) is 4.46. The molecule has 8 nitrogen and oxygen atoms in total. The van der Waals surface area contributed by atoms with Gasteiger partial charge in [-0.15, -0.1) is 18.0 Å². The highest BCUT2D eigenvalue weighted by atomic mass is 32.2. The summed E-state index contributed by atoms with van der Waals surface area (Å²) < 4.78 is 64.0. The fraction of sp³-hybridized carbons (Fsp3) is 0.273. The summed E-state index contributed by atoms with van der Waals surface area (Å²) in [5, 5.41) is 4.40. The third-order valence-corrected chi connectivity index (χ3v) is 3.93. The van der Waals surface area contributed by atoms with Crippen LogP contribution in [0.5, 0.6) is 5.75 Å². The lowest BCUT2D eigenvalue weighted by Crippen LogP contribution is -2.54. The van der Waals surface area contributed by atoms with Crippen LogP contribution < -0.4 is 15.0 Å². The van der Waals surface area contributed by atoms with E-state index in [-0.39, 0.29) is 11.4 Å². The van der Waals surface area contributed by atoms with Crippen molar-refractivity contribution >= 4 is 21.8 Å². The summed E-state index contributed by atoms with van der Waals surface area (Å²) in [7, 11) is -4.15. The number of carbonyl (C=O) groups is 1. The van der Waals surface area contributed by atoms with E-state index >= 15 is 0 Å². The van der Waals surface area contributed by atoms with Crippen molar-refractivity contribution in [1.29, 1.82) is 0 Å². The van der Waals surface area contributed by atoms with Crippen molar-refractivity contribution in [1.82, 2.24) is 15.3 Å². The first-order valence-corrected chi connectivity index (χ1v) is 7.54. The molecule has 0 saturated carbocycles. The van der Waals surface area contributed by atoms with E-state index in [0.717, 1.165) is 29.3 Å². The molecule has 23 heavy (non-hydrogen) atoms. The number of hydrazone groups is 1. The zero-order valence-electron chi connectivity index (χ0n) is 11.6. The van der Waals surface area contributed by atoms with Crippen molar-refractivity contribution in [3.8, 4) is 5.75 Å². The van der Waals surface area contributed by atoms with E-state index in [1.54, 1.807) is 6.92 Å². The molecule has 0 aromatic heterocycles. The van der Waals surface area contributed by atoms with E-state index < -0.39 is 28.2 Å². The van der Waals surface area contributed by atoms with E-state index in [2.05, 4.69) is 15.3 Å². The van der Waals surface area contributed by atoms with Crippen molar-refractivity contribution < 1.29 is 31.1 Å². The fourth-order valence-corrected chi connectivity index (χ4v) is 2.67. The van der Waals surface area contributed by atoms with Crippen molar-refractivity contribution in [2.45, 2.75) is 18.2 Å². The lowest BCUT2D eigenvalue weighted by atomic mass is 10.3. The number of hydrogen-bond donors (Lipinski definition) is 2. The largest absolute Gasteiger partial charge is 0.573 e. The third-order valence-electron chi connectivity index (χ3n) is 2.57. The van der Waals surface area contributed by atoms with Crippen LogP contribution in [-0.2, 0) is 10.0 Å². The van der Waals surface area contributed by atoms with Crippen LogP contribution in [0.3, 0.4) is 0 Å². The summed E-state index contributed by atoms with van der Waals surface area (Å²) in [6.45, 7) is 1.50. The number of alkyl halides is 3. The summed E-state index contributed by atoms with van der Waals surface area (Å²) in [6, 6.07) is 2.77. The minimum Gasteiger partial charge on any atom is -0.406 e. The summed E-state index contributed by atoms with van der Waals surface area (Å²) in [5.74, 6) is -0.560. The van der Waals surface area contributed by atoms with Crippen LogP contribution in [0.1, 0.15) is 6.92 Å². The van der Waals surface area contributed by atoms with Gasteiger partial charge in [-0.25, -0.2) is 23.6 Å². The molecule has 126 valence electrons. The van der Waals surface area contributed by atoms with Crippen LogP contribution >= 0.6 is 0 Å². The van der Waals surface area contributed by atoms with Gasteiger partial charge in [-0.2, -0.15) is 5.10 Å². The lowest BCUT2D eigenvalue weighted by Gasteiger charge is -2.25. The zero-order chi connectivity index (χ0) is 17.3. The highest BCUT2D eigenvalue weighted by Crippen LogP contribution is 2.23. The summed E-state index contributed by atoms with van der Waals surface area (Å²) in [5.41, 5.74) is 2.55. The van der Waals surface area contributed by atoms with Crippen LogP contribution in [0.25, 0.3) is 0 Å². The number of sulfonamides is 1. The fourth-order valence-electron chi connectivity index (χ4n) is 1.63. The van der Waals surface area contributed by atoms with Crippen molar-refractivity contribution in [3.05, 3.63) is 24.3 Å². The Morgan fingerprint density at radius 1 is 1.30 bits per heavy atom. The minimum atomic E-state index is -4.87. The first kappa shape index (κ1) is 17.0. The molecular weight excluding hydrogens is 341 g/mol. The highest BCUT2D eigenvalue weighted by Gasteiger charge is 2.31. The summed E-state index contributed by atoms with van der Waals surface area (Å²) in [6.07, 6.45) is -4.87. The molecule has 0 atom stereocenters. The maximum absolute atomic E-state index is 12.1. The SMILES string of the molecule is CC1=NNC(=O)N(NS(=O)(=O)c2ccc(OC(F)(F)F)cc2)C1. The Kier molecular flexibility index (Phi) is 4.47. The Balaban J connectivity index is 2.13. The number of carbonyl (C=O) groups excluding carboxylic acids is 1. The molecule has 1 aromatic carbocycles. The number of benzene rings is 1. The molecule has 1 aliphatic heterocycles. The van der Waals surface area contributed by atoms with Gasteiger partial charge in [0.15, 0.2) is 0 Å². The number of halogens is 3. The molecule has 2 amide bonds. The van der Waals surface area contributed by atoms with Gasteiger partial charge < -0.3 is 4.74 Å². The molecule has 1 aromatic rings. The third kappa shape index (κ3) is 4.56. The van der Waals surface area contributed by atoms with Gasteiger partial charge in [0.05, 0.1) is 17.2 Å². The van der Waals surface area contributed by atoms with E-state index in [9.17, 15) is 26.4 Å². The molecular formula is C11H11F3N4O4S. The number of hydrogen-bond acceptors (Lipinski definition) is 5. The van der Waals surface area contributed by atoms with Crippen LogP contribution in [0.4, 0.5) is 18.0 Å². The predicted molar refractivity (Wildman–Crippen MR) is 71.8 cm³/mol. The molecule has 1 heterocycles. The smallest absolute Gasteiger partial charge is 0.406 e. The predicted octanol–water partition coefficient (Wildman–Crippen LogP) is 1.18. The number of nitrogens with one attached hydrogen (secondary N) is 2. The van der Waals surface area contributed by atoms with Crippen LogP contribution in [-0.4, -0.2) is 38.1 Å². The van der Waals surface area contributed by atoms with Gasteiger partial charge in [-0.1, -0.05) is 0 Å². The van der Waals surface area contributed by atoms with Crippen LogP contribution in [0.15, 0.2) is 34.3 Å². The molecule has 1 aliphatic rings. The molecule has 12 heteroatoms. The van der Waals surface area contributed by atoms with Gasteiger partial charge in [0, 0.05) is 0 Å². The standard InChI is InChI=1S/C11H11F3N4O4S/c1-7-6-18(10(19)16-15-7)17-23(20,21)9-4-2-8(3-5-9)22-11(12,13)14/h2-5,17H,6H2,1H3,(H,16,19). The highest BCUT2D eigenvalue weighted by molar-refractivity contribution is 7.89. The van der Waals surface area contributed by atoms with Gasteiger partial charge in [0.25, 0.3) is 10.0 Å². The average molecular weight is 352 g/mol. The molecule has 0 radical (unpaired) electrons. The molecule has 2 rings (SSSR count). The molecule has 0 saturated heterocycles. The Bertz CT molecular complexity index is 731. The normalized spacial score (nSPS) is 15.9. The summed E-state index contributed by atoms with van der Waals surface area (Å²) >= 11 is 0. The first-order valence-electron chi connectivity index (χ1n) is 6.06. The van der Waals surface area contributed by atoms with E-state index in [1.165, 1.54) is 0 Å². The lowest BCUT2D eigenvalue weighted by molar-refractivity contribution is -0.274.